The Labute approximate surface area is 165 Å². The van der Waals surface area contributed by atoms with Crippen molar-refractivity contribution in [2.75, 3.05) is 46.7 Å². The van der Waals surface area contributed by atoms with E-state index in [1.807, 2.05) is 32.3 Å². The molecule has 0 aliphatic carbocycles. The lowest BCUT2D eigenvalue weighted by atomic mass is 9.84. The lowest BCUT2D eigenvalue weighted by molar-refractivity contribution is -0.147. The van der Waals surface area contributed by atoms with E-state index in [1.54, 1.807) is 23.9 Å². The summed E-state index contributed by atoms with van der Waals surface area (Å²) >= 11 is 0. The van der Waals surface area contributed by atoms with Gasteiger partial charge in [0.1, 0.15) is 18.0 Å². The van der Waals surface area contributed by atoms with Crippen molar-refractivity contribution in [1.82, 2.24) is 9.80 Å². The predicted molar refractivity (Wildman–Crippen MR) is 104 cm³/mol. The molecule has 1 aromatic carbocycles. The third kappa shape index (κ3) is 4.45. The van der Waals surface area contributed by atoms with Gasteiger partial charge in [-0.2, -0.15) is 0 Å². The Bertz CT molecular complexity index is 737. The molecule has 28 heavy (non-hydrogen) atoms. The first-order valence-corrected chi connectivity index (χ1v) is 9.50. The van der Waals surface area contributed by atoms with Gasteiger partial charge in [-0.3, -0.25) is 9.59 Å². The van der Waals surface area contributed by atoms with E-state index in [2.05, 4.69) is 5.32 Å². The molecular weight excluding hydrogens is 362 g/mol. The van der Waals surface area contributed by atoms with Crippen LogP contribution in [0.4, 0.5) is 5.69 Å². The molecule has 1 aromatic rings. The average Bonchev–Trinajstić information content (AvgIpc) is 2.98. The van der Waals surface area contributed by atoms with Crippen LogP contribution in [-0.2, 0) is 14.3 Å². The first kappa shape index (κ1) is 20.6. The van der Waals surface area contributed by atoms with Crippen LogP contribution in [0.2, 0.25) is 0 Å². The van der Waals surface area contributed by atoms with Gasteiger partial charge >= 0.3 is 0 Å². The molecule has 2 N–H and O–H groups in total. The fourth-order valence-corrected chi connectivity index (χ4v) is 3.83. The van der Waals surface area contributed by atoms with Crippen LogP contribution in [0, 0.1) is 0 Å². The van der Waals surface area contributed by atoms with Crippen molar-refractivity contribution in [3.05, 3.63) is 23.8 Å². The Hall–Kier alpha value is -2.16. The van der Waals surface area contributed by atoms with Crippen molar-refractivity contribution >= 4 is 17.5 Å². The number of nitrogens with one attached hydrogen (secondary N) is 1. The molecule has 8 heteroatoms. The third-order valence-electron chi connectivity index (χ3n) is 5.14. The van der Waals surface area contributed by atoms with Gasteiger partial charge in [-0.05, 0) is 38.7 Å². The quantitative estimate of drug-likeness (QED) is 0.740. The number of benzene rings is 1. The van der Waals surface area contributed by atoms with Gasteiger partial charge < -0.3 is 29.7 Å². The molecule has 1 saturated heterocycles. The number of anilines is 1. The maximum atomic E-state index is 12.1. The van der Waals surface area contributed by atoms with Crippen LogP contribution in [0.1, 0.15) is 24.3 Å². The summed E-state index contributed by atoms with van der Waals surface area (Å²) in [5.41, 5.74) is 1.69. The van der Waals surface area contributed by atoms with E-state index in [1.165, 1.54) is 0 Å². The molecule has 3 rings (SSSR count). The SMILES string of the molecule is CN(C)CC(=O)Nc1ccc2c(c1)[C@@H]1C[C@H](CC(=O)N(C)C)O[C@H](CO)[C@@H]1O2. The lowest BCUT2D eigenvalue weighted by Crippen LogP contribution is -2.47. The highest BCUT2D eigenvalue weighted by Crippen LogP contribution is 2.47. The Kier molecular flexibility index (Phi) is 6.22. The Morgan fingerprint density at radius 3 is 2.64 bits per heavy atom. The van der Waals surface area contributed by atoms with Crippen molar-refractivity contribution < 1.29 is 24.2 Å². The molecular formula is C20H29N3O5. The van der Waals surface area contributed by atoms with E-state index in [-0.39, 0.29) is 43.0 Å². The number of nitrogens with zero attached hydrogens (tertiary/aromatic N) is 2. The molecule has 1 fully saturated rings. The van der Waals surface area contributed by atoms with E-state index in [9.17, 15) is 14.7 Å². The zero-order valence-electron chi connectivity index (χ0n) is 16.8. The standard InChI is InChI=1S/C20H29N3O5/c1-22(2)10-18(25)21-12-5-6-16-14(7-12)15-8-13(9-19(26)23(3)4)27-17(11-24)20(15)28-16/h5-7,13,15,17,20,24H,8-11H2,1-4H3,(H,21,25)/t13-,15+,17-,20-/m1/s1. The van der Waals surface area contributed by atoms with Crippen molar-refractivity contribution in [2.24, 2.45) is 0 Å². The van der Waals surface area contributed by atoms with Crippen molar-refractivity contribution in [1.29, 1.82) is 0 Å². The molecule has 2 aliphatic heterocycles. The van der Waals surface area contributed by atoms with Crippen LogP contribution >= 0.6 is 0 Å². The number of aliphatic hydroxyl groups excluding tert-OH is 1. The van der Waals surface area contributed by atoms with E-state index in [0.29, 0.717) is 18.7 Å². The molecule has 0 bridgehead atoms. The van der Waals surface area contributed by atoms with Gasteiger partial charge in [-0.15, -0.1) is 0 Å². The zero-order valence-corrected chi connectivity index (χ0v) is 16.8. The van der Waals surface area contributed by atoms with Gasteiger partial charge in [0.15, 0.2) is 0 Å². The van der Waals surface area contributed by atoms with Crippen molar-refractivity contribution in [3.63, 3.8) is 0 Å². The van der Waals surface area contributed by atoms with E-state index >= 15 is 0 Å². The van der Waals surface area contributed by atoms with E-state index < -0.39 is 6.10 Å². The number of carbonyl (C=O) groups is 2. The van der Waals surface area contributed by atoms with Gasteiger partial charge in [-0.1, -0.05) is 0 Å². The second-order valence-corrected chi connectivity index (χ2v) is 7.93. The highest BCUT2D eigenvalue weighted by molar-refractivity contribution is 5.92. The minimum absolute atomic E-state index is 0.00608. The van der Waals surface area contributed by atoms with Crippen LogP contribution in [0.15, 0.2) is 18.2 Å². The van der Waals surface area contributed by atoms with Crippen LogP contribution in [0.25, 0.3) is 0 Å². The van der Waals surface area contributed by atoms with Gasteiger partial charge in [0.2, 0.25) is 11.8 Å². The van der Waals surface area contributed by atoms with E-state index in [4.69, 9.17) is 9.47 Å². The van der Waals surface area contributed by atoms with Gasteiger partial charge in [-0.25, -0.2) is 0 Å². The zero-order chi connectivity index (χ0) is 20.4. The number of ether oxygens (including phenoxy) is 2. The largest absolute Gasteiger partial charge is 0.487 e. The summed E-state index contributed by atoms with van der Waals surface area (Å²) in [6.07, 6.45) is -0.171. The smallest absolute Gasteiger partial charge is 0.238 e. The number of amides is 2. The first-order valence-electron chi connectivity index (χ1n) is 9.50. The fraction of sp³-hybridized carbons (Fsp3) is 0.600. The Morgan fingerprint density at radius 2 is 2.00 bits per heavy atom. The third-order valence-corrected chi connectivity index (χ3v) is 5.14. The van der Waals surface area contributed by atoms with Gasteiger partial charge in [0.05, 0.1) is 25.7 Å². The minimum atomic E-state index is -0.488. The van der Waals surface area contributed by atoms with E-state index in [0.717, 1.165) is 11.3 Å². The second kappa shape index (κ2) is 8.46. The van der Waals surface area contributed by atoms with Crippen LogP contribution < -0.4 is 10.1 Å². The lowest BCUT2D eigenvalue weighted by Gasteiger charge is -2.37. The summed E-state index contributed by atoms with van der Waals surface area (Å²) in [7, 11) is 7.11. The molecule has 0 spiro atoms. The highest BCUT2D eigenvalue weighted by Gasteiger charge is 2.46. The number of carbonyl (C=O) groups excluding carboxylic acids is 2. The predicted octanol–water partition coefficient (Wildman–Crippen LogP) is 0.659. The summed E-state index contributed by atoms with van der Waals surface area (Å²) in [6.45, 7) is 0.128. The Morgan fingerprint density at radius 1 is 1.25 bits per heavy atom. The summed E-state index contributed by atoms with van der Waals surface area (Å²) < 4.78 is 12.0. The summed E-state index contributed by atoms with van der Waals surface area (Å²) in [5.74, 6) is 0.646. The number of fused-ring (bicyclic) bond motifs is 3. The number of rotatable bonds is 6. The Balaban J connectivity index is 1.78. The summed E-state index contributed by atoms with van der Waals surface area (Å²) in [6, 6.07) is 5.58. The van der Waals surface area contributed by atoms with Gasteiger partial charge in [0, 0.05) is 31.3 Å². The monoisotopic (exact) mass is 391 g/mol. The number of hydrogen-bond acceptors (Lipinski definition) is 6. The highest BCUT2D eigenvalue weighted by atomic mass is 16.6. The molecule has 8 nitrogen and oxygen atoms in total. The fourth-order valence-electron chi connectivity index (χ4n) is 3.83. The van der Waals surface area contributed by atoms with Gasteiger partial charge in [0.25, 0.3) is 0 Å². The maximum Gasteiger partial charge on any atom is 0.238 e. The molecule has 0 unspecified atom stereocenters. The molecule has 2 amide bonds. The molecule has 154 valence electrons. The molecule has 2 heterocycles. The number of aliphatic hydroxyl groups is 1. The molecule has 2 aliphatic rings. The van der Waals surface area contributed by atoms with Crippen LogP contribution in [-0.4, -0.2) is 86.4 Å². The van der Waals surface area contributed by atoms with Crippen LogP contribution in [0.3, 0.4) is 0 Å². The number of likely N-dealkylation sites (N-methyl/N-ethyl adjacent to an activating group) is 1. The molecule has 0 saturated carbocycles. The number of hydrogen-bond donors (Lipinski definition) is 2. The average molecular weight is 391 g/mol. The van der Waals surface area contributed by atoms with Crippen molar-refractivity contribution in [3.8, 4) is 5.75 Å². The first-order chi connectivity index (χ1) is 13.3. The topological polar surface area (TPSA) is 91.3 Å². The summed E-state index contributed by atoms with van der Waals surface area (Å²) in [5, 5.41) is 12.7. The molecule has 4 atom stereocenters. The minimum Gasteiger partial charge on any atom is -0.487 e. The molecule has 0 aromatic heterocycles. The van der Waals surface area contributed by atoms with Crippen molar-refractivity contribution in [2.45, 2.75) is 37.1 Å². The van der Waals surface area contributed by atoms with Crippen LogP contribution in [0.5, 0.6) is 5.75 Å². The normalized spacial score (nSPS) is 25.6. The molecule has 0 radical (unpaired) electrons. The maximum absolute atomic E-state index is 12.1. The summed E-state index contributed by atoms with van der Waals surface area (Å²) in [4.78, 5) is 27.5. The second-order valence-electron chi connectivity index (χ2n) is 7.93.